The zero-order chi connectivity index (χ0) is 24.3. The van der Waals surface area contributed by atoms with Gasteiger partial charge in [0.05, 0.1) is 0 Å². The molecule has 0 saturated heterocycles. The zero-order valence-electron chi connectivity index (χ0n) is 20.0. The summed E-state index contributed by atoms with van der Waals surface area (Å²) in [6.07, 6.45) is 3.96. The average Bonchev–Trinajstić information content (AvgIpc) is 3.29. The van der Waals surface area contributed by atoms with Gasteiger partial charge in [0.15, 0.2) is 0 Å². The fraction of sp³-hybridized carbons (Fsp3) is 0. The smallest absolute Gasteiger partial charge is 0.0353 e. The molecular formula is C35H21NS. The van der Waals surface area contributed by atoms with E-state index in [0.29, 0.717) is 0 Å². The van der Waals surface area contributed by atoms with Gasteiger partial charge in [-0.25, -0.2) is 0 Å². The molecule has 1 nitrogen and oxygen atoms in total. The van der Waals surface area contributed by atoms with Crippen molar-refractivity contribution < 1.29 is 0 Å². The van der Waals surface area contributed by atoms with Gasteiger partial charge in [0.2, 0.25) is 0 Å². The van der Waals surface area contributed by atoms with Crippen LogP contribution in [0.15, 0.2) is 137 Å². The predicted octanol–water partition coefficient (Wildman–Crippen LogP) is 10.0. The standard InChI is InChI=1S/C35H21NS/c1-2-9-22(10-3-1)37-35-30-14-7-6-13-27(30)34(32-21-36-20-19-31(32)35)29-18-17-28-24-12-5-4-11-23(24)25-15-8-16-26(29)33(25)28/h1-21H. The molecule has 0 saturated carbocycles. The number of nitrogens with zero attached hydrogens (tertiary/aromatic N) is 1. The molecule has 0 unspecified atom stereocenters. The van der Waals surface area contributed by atoms with Crippen LogP contribution in [-0.2, 0) is 0 Å². The van der Waals surface area contributed by atoms with Crippen molar-refractivity contribution >= 4 is 44.1 Å². The number of benzene rings is 6. The molecule has 0 bridgehead atoms. The molecule has 1 aromatic heterocycles. The highest BCUT2D eigenvalue weighted by atomic mass is 32.2. The van der Waals surface area contributed by atoms with E-state index in [1.165, 1.54) is 75.5 Å². The lowest BCUT2D eigenvalue weighted by Crippen LogP contribution is -1.91. The molecule has 172 valence electrons. The topological polar surface area (TPSA) is 12.9 Å². The molecule has 0 N–H and O–H groups in total. The Morgan fingerprint density at radius 1 is 0.432 bits per heavy atom. The Balaban J connectivity index is 1.48. The van der Waals surface area contributed by atoms with Crippen molar-refractivity contribution in [3.8, 4) is 33.4 Å². The van der Waals surface area contributed by atoms with Crippen molar-refractivity contribution in [3.05, 3.63) is 128 Å². The first-order chi connectivity index (χ1) is 18.4. The summed E-state index contributed by atoms with van der Waals surface area (Å²) < 4.78 is 0. The monoisotopic (exact) mass is 487 g/mol. The van der Waals surface area contributed by atoms with Crippen molar-refractivity contribution in [3.63, 3.8) is 0 Å². The van der Waals surface area contributed by atoms with Gasteiger partial charge < -0.3 is 0 Å². The second kappa shape index (κ2) is 8.06. The van der Waals surface area contributed by atoms with E-state index < -0.39 is 0 Å². The van der Waals surface area contributed by atoms with E-state index in [-0.39, 0.29) is 0 Å². The van der Waals surface area contributed by atoms with E-state index in [1.807, 2.05) is 24.2 Å². The number of hydrogen-bond acceptors (Lipinski definition) is 2. The number of pyridine rings is 1. The van der Waals surface area contributed by atoms with Gasteiger partial charge in [-0.15, -0.1) is 0 Å². The fourth-order valence-corrected chi connectivity index (χ4v) is 7.12. The third kappa shape index (κ3) is 3.03. The zero-order valence-corrected chi connectivity index (χ0v) is 20.8. The van der Waals surface area contributed by atoms with Gasteiger partial charge in [-0.2, -0.15) is 0 Å². The van der Waals surface area contributed by atoms with Gasteiger partial charge in [0.1, 0.15) is 0 Å². The summed E-state index contributed by atoms with van der Waals surface area (Å²) in [5, 5.41) is 7.62. The average molecular weight is 488 g/mol. The van der Waals surface area contributed by atoms with Gasteiger partial charge in [-0.3, -0.25) is 4.98 Å². The van der Waals surface area contributed by atoms with Crippen molar-refractivity contribution in [2.75, 3.05) is 0 Å². The molecule has 1 aliphatic carbocycles. The lowest BCUT2D eigenvalue weighted by molar-refractivity contribution is 1.36. The molecule has 0 atom stereocenters. The van der Waals surface area contributed by atoms with Crippen LogP contribution < -0.4 is 0 Å². The number of fused-ring (bicyclic) bond motifs is 5. The first kappa shape index (κ1) is 20.8. The van der Waals surface area contributed by atoms with Crippen LogP contribution in [0.3, 0.4) is 0 Å². The fourth-order valence-electron chi connectivity index (χ4n) is 6.01. The van der Waals surface area contributed by atoms with E-state index in [4.69, 9.17) is 0 Å². The van der Waals surface area contributed by atoms with Gasteiger partial charge in [0, 0.05) is 27.6 Å². The quantitative estimate of drug-likeness (QED) is 0.230. The van der Waals surface area contributed by atoms with E-state index in [9.17, 15) is 0 Å². The summed E-state index contributed by atoms with van der Waals surface area (Å²) in [5.41, 5.74) is 7.83. The van der Waals surface area contributed by atoms with Crippen molar-refractivity contribution in [2.24, 2.45) is 0 Å². The Morgan fingerprint density at radius 2 is 1.05 bits per heavy atom. The van der Waals surface area contributed by atoms with E-state index in [0.717, 1.165) is 0 Å². The highest BCUT2D eigenvalue weighted by Crippen LogP contribution is 2.51. The van der Waals surface area contributed by atoms with Crippen molar-refractivity contribution in [1.29, 1.82) is 0 Å². The summed E-state index contributed by atoms with van der Waals surface area (Å²) in [4.78, 5) is 7.12. The highest BCUT2D eigenvalue weighted by Gasteiger charge is 2.24. The molecule has 0 spiro atoms. The third-order valence-corrected chi connectivity index (χ3v) is 8.71. The predicted molar refractivity (Wildman–Crippen MR) is 157 cm³/mol. The minimum Gasteiger partial charge on any atom is -0.264 e. The van der Waals surface area contributed by atoms with Crippen LogP contribution >= 0.6 is 11.8 Å². The number of hydrogen-bond donors (Lipinski definition) is 0. The molecule has 6 aromatic carbocycles. The maximum atomic E-state index is 4.60. The number of aromatic nitrogens is 1. The van der Waals surface area contributed by atoms with Crippen LogP contribution in [0.4, 0.5) is 0 Å². The largest absolute Gasteiger partial charge is 0.264 e. The van der Waals surface area contributed by atoms with Crippen molar-refractivity contribution in [1.82, 2.24) is 4.98 Å². The Morgan fingerprint density at radius 3 is 1.89 bits per heavy atom. The maximum absolute atomic E-state index is 4.60. The summed E-state index contributed by atoms with van der Waals surface area (Å²) in [6, 6.07) is 41.8. The van der Waals surface area contributed by atoms with Gasteiger partial charge in [-0.1, -0.05) is 109 Å². The summed E-state index contributed by atoms with van der Waals surface area (Å²) in [6.45, 7) is 0. The van der Waals surface area contributed by atoms with Crippen LogP contribution in [0.2, 0.25) is 0 Å². The molecule has 1 heterocycles. The first-order valence-corrected chi connectivity index (χ1v) is 13.4. The molecule has 0 radical (unpaired) electrons. The van der Waals surface area contributed by atoms with E-state index in [1.54, 1.807) is 0 Å². The molecule has 1 aliphatic rings. The summed E-state index contributed by atoms with van der Waals surface area (Å²) in [5.74, 6) is 0. The molecule has 8 rings (SSSR count). The SMILES string of the molecule is c1ccc(Sc2c3ccccc3c(-c3ccc4c5c(cccc35)-c3ccccc3-4)c3cnccc23)cc1. The van der Waals surface area contributed by atoms with Crippen LogP contribution in [-0.4, -0.2) is 4.98 Å². The lowest BCUT2D eigenvalue weighted by atomic mass is 9.88. The normalized spacial score (nSPS) is 11.9. The Hall–Kier alpha value is -4.40. The van der Waals surface area contributed by atoms with Crippen LogP contribution in [0.25, 0.3) is 65.7 Å². The molecular weight excluding hydrogens is 466 g/mol. The minimum absolute atomic E-state index is 1.19. The van der Waals surface area contributed by atoms with Gasteiger partial charge in [-0.05, 0) is 78.5 Å². The molecule has 2 heteroatoms. The molecule has 7 aromatic rings. The molecule has 37 heavy (non-hydrogen) atoms. The van der Waals surface area contributed by atoms with E-state index in [2.05, 4.69) is 120 Å². The Kier molecular flexibility index (Phi) is 4.52. The summed E-state index contributed by atoms with van der Waals surface area (Å²) >= 11 is 1.83. The lowest BCUT2D eigenvalue weighted by Gasteiger charge is -2.18. The first-order valence-electron chi connectivity index (χ1n) is 12.6. The van der Waals surface area contributed by atoms with E-state index >= 15 is 0 Å². The number of rotatable bonds is 3. The highest BCUT2D eigenvalue weighted by molar-refractivity contribution is 7.99. The maximum Gasteiger partial charge on any atom is 0.0353 e. The van der Waals surface area contributed by atoms with Crippen LogP contribution in [0.1, 0.15) is 0 Å². The van der Waals surface area contributed by atoms with Gasteiger partial charge >= 0.3 is 0 Å². The Bertz CT molecular complexity index is 1920. The van der Waals surface area contributed by atoms with Gasteiger partial charge in [0.25, 0.3) is 0 Å². The minimum atomic E-state index is 1.19. The van der Waals surface area contributed by atoms with Crippen LogP contribution in [0.5, 0.6) is 0 Å². The second-order valence-corrected chi connectivity index (χ2v) is 10.6. The Labute approximate surface area is 219 Å². The summed E-state index contributed by atoms with van der Waals surface area (Å²) in [7, 11) is 0. The third-order valence-electron chi connectivity index (χ3n) is 7.56. The van der Waals surface area contributed by atoms with Crippen molar-refractivity contribution in [2.45, 2.75) is 9.79 Å². The molecule has 0 fully saturated rings. The van der Waals surface area contributed by atoms with Crippen LogP contribution in [0, 0.1) is 0 Å². The second-order valence-electron chi connectivity index (χ2n) is 9.52. The molecule has 0 amide bonds. The molecule has 0 aliphatic heterocycles.